The van der Waals surface area contributed by atoms with Crippen LogP contribution >= 0.6 is 11.3 Å². The molecular formula is C13H22N2S. The molecule has 2 heterocycles. The summed E-state index contributed by atoms with van der Waals surface area (Å²) in [5.74, 6) is 0. The standard InChI is InChI=1S/C13H22N2S/c1-11-4-9-16-12(11)10-15-7-5-13(2,14-3)6-8-15/h4,9,14H,5-8,10H2,1-3H3. The zero-order valence-electron chi connectivity index (χ0n) is 10.5. The Balaban J connectivity index is 1.88. The highest BCUT2D eigenvalue weighted by Crippen LogP contribution is 2.24. The van der Waals surface area contributed by atoms with E-state index >= 15 is 0 Å². The zero-order chi connectivity index (χ0) is 11.6. The maximum Gasteiger partial charge on any atom is 0.0330 e. The van der Waals surface area contributed by atoms with E-state index in [0.29, 0.717) is 5.54 Å². The third kappa shape index (κ3) is 2.65. The lowest BCUT2D eigenvalue weighted by Crippen LogP contribution is -2.49. The molecule has 0 atom stereocenters. The van der Waals surface area contributed by atoms with Crippen molar-refractivity contribution in [3.63, 3.8) is 0 Å². The topological polar surface area (TPSA) is 15.3 Å². The Morgan fingerprint density at radius 2 is 2.12 bits per heavy atom. The average molecular weight is 238 g/mol. The fraction of sp³-hybridized carbons (Fsp3) is 0.692. The van der Waals surface area contributed by atoms with Crippen molar-refractivity contribution in [3.8, 4) is 0 Å². The highest BCUT2D eigenvalue weighted by atomic mass is 32.1. The summed E-state index contributed by atoms with van der Waals surface area (Å²) < 4.78 is 0. The maximum atomic E-state index is 3.45. The van der Waals surface area contributed by atoms with Gasteiger partial charge in [0.15, 0.2) is 0 Å². The summed E-state index contributed by atoms with van der Waals surface area (Å²) in [5.41, 5.74) is 1.81. The van der Waals surface area contributed by atoms with Gasteiger partial charge in [-0.15, -0.1) is 11.3 Å². The van der Waals surface area contributed by atoms with Crippen LogP contribution in [-0.2, 0) is 6.54 Å². The van der Waals surface area contributed by atoms with Crippen LogP contribution in [0.15, 0.2) is 11.4 Å². The molecule has 2 rings (SSSR count). The second kappa shape index (κ2) is 4.86. The molecule has 1 N–H and O–H groups in total. The highest BCUT2D eigenvalue weighted by Gasteiger charge is 2.28. The Bertz CT molecular complexity index is 337. The number of thiophene rings is 1. The molecule has 0 spiro atoms. The molecular weight excluding hydrogens is 216 g/mol. The van der Waals surface area contributed by atoms with Gasteiger partial charge in [-0.3, -0.25) is 4.90 Å². The predicted molar refractivity (Wildman–Crippen MR) is 71.0 cm³/mol. The molecule has 0 bridgehead atoms. The van der Waals surface area contributed by atoms with E-state index in [1.165, 1.54) is 36.4 Å². The molecule has 2 nitrogen and oxygen atoms in total. The lowest BCUT2D eigenvalue weighted by atomic mass is 9.90. The number of piperidine rings is 1. The summed E-state index contributed by atoms with van der Waals surface area (Å²) in [4.78, 5) is 4.12. The van der Waals surface area contributed by atoms with Gasteiger partial charge < -0.3 is 5.32 Å². The minimum atomic E-state index is 0.362. The van der Waals surface area contributed by atoms with Crippen LogP contribution in [0.5, 0.6) is 0 Å². The normalized spacial score (nSPS) is 21.2. The minimum absolute atomic E-state index is 0.362. The second-order valence-corrected chi connectivity index (χ2v) is 6.11. The first-order valence-corrected chi connectivity index (χ1v) is 6.95. The van der Waals surface area contributed by atoms with Crippen molar-refractivity contribution in [1.82, 2.24) is 10.2 Å². The third-order valence-electron chi connectivity index (χ3n) is 3.90. The van der Waals surface area contributed by atoms with Gasteiger partial charge in [0.25, 0.3) is 0 Å². The van der Waals surface area contributed by atoms with E-state index in [9.17, 15) is 0 Å². The van der Waals surface area contributed by atoms with Crippen molar-refractivity contribution >= 4 is 11.3 Å². The number of likely N-dealkylation sites (tertiary alicyclic amines) is 1. The van der Waals surface area contributed by atoms with E-state index in [1.54, 1.807) is 0 Å². The van der Waals surface area contributed by atoms with Gasteiger partial charge in [-0.05, 0) is 50.7 Å². The first kappa shape index (κ1) is 12.1. The quantitative estimate of drug-likeness (QED) is 0.871. The van der Waals surface area contributed by atoms with Gasteiger partial charge in [0.2, 0.25) is 0 Å². The van der Waals surface area contributed by atoms with Crippen LogP contribution in [0.4, 0.5) is 0 Å². The molecule has 90 valence electrons. The van der Waals surface area contributed by atoms with Gasteiger partial charge in [-0.2, -0.15) is 0 Å². The molecule has 0 radical (unpaired) electrons. The Morgan fingerprint density at radius 1 is 1.44 bits per heavy atom. The van der Waals surface area contributed by atoms with E-state index in [4.69, 9.17) is 0 Å². The molecule has 0 unspecified atom stereocenters. The molecule has 1 saturated heterocycles. The fourth-order valence-corrected chi connectivity index (χ4v) is 3.17. The van der Waals surface area contributed by atoms with E-state index in [-0.39, 0.29) is 0 Å². The lowest BCUT2D eigenvalue weighted by molar-refractivity contribution is 0.147. The van der Waals surface area contributed by atoms with Gasteiger partial charge in [0.05, 0.1) is 0 Å². The molecule has 1 aliphatic rings. The molecule has 3 heteroatoms. The molecule has 16 heavy (non-hydrogen) atoms. The SMILES string of the molecule is CNC1(C)CCN(Cc2sccc2C)CC1. The molecule has 1 fully saturated rings. The third-order valence-corrected chi connectivity index (χ3v) is 4.91. The lowest BCUT2D eigenvalue weighted by Gasteiger charge is -2.39. The smallest absolute Gasteiger partial charge is 0.0330 e. The predicted octanol–water partition coefficient (Wildman–Crippen LogP) is 2.63. The molecule has 1 aromatic heterocycles. The van der Waals surface area contributed by atoms with Crippen molar-refractivity contribution in [2.45, 2.75) is 38.8 Å². The Kier molecular flexibility index (Phi) is 3.67. The van der Waals surface area contributed by atoms with Gasteiger partial charge >= 0.3 is 0 Å². The van der Waals surface area contributed by atoms with Gasteiger partial charge in [0.1, 0.15) is 0 Å². The van der Waals surface area contributed by atoms with Crippen molar-refractivity contribution in [1.29, 1.82) is 0 Å². The molecule has 1 aliphatic heterocycles. The van der Waals surface area contributed by atoms with Crippen molar-refractivity contribution in [2.24, 2.45) is 0 Å². The molecule has 1 aromatic rings. The maximum absolute atomic E-state index is 3.45. The van der Waals surface area contributed by atoms with Crippen LogP contribution < -0.4 is 5.32 Å². The van der Waals surface area contributed by atoms with E-state index in [0.717, 1.165) is 6.54 Å². The molecule has 0 saturated carbocycles. The van der Waals surface area contributed by atoms with Crippen LogP contribution in [0.25, 0.3) is 0 Å². The number of rotatable bonds is 3. The minimum Gasteiger partial charge on any atom is -0.314 e. The first-order valence-electron chi connectivity index (χ1n) is 6.07. The Labute approximate surface area is 103 Å². The second-order valence-electron chi connectivity index (χ2n) is 5.11. The number of nitrogens with one attached hydrogen (secondary N) is 1. The van der Waals surface area contributed by atoms with Crippen molar-refractivity contribution < 1.29 is 0 Å². The van der Waals surface area contributed by atoms with Crippen LogP contribution in [0.2, 0.25) is 0 Å². The highest BCUT2D eigenvalue weighted by molar-refractivity contribution is 7.10. The Morgan fingerprint density at radius 3 is 2.62 bits per heavy atom. The summed E-state index contributed by atoms with van der Waals surface area (Å²) in [5, 5.41) is 5.65. The summed E-state index contributed by atoms with van der Waals surface area (Å²) >= 11 is 1.89. The summed E-state index contributed by atoms with van der Waals surface area (Å²) in [6.07, 6.45) is 2.52. The number of hydrogen-bond acceptors (Lipinski definition) is 3. The monoisotopic (exact) mass is 238 g/mol. The van der Waals surface area contributed by atoms with Crippen molar-refractivity contribution in [2.75, 3.05) is 20.1 Å². The molecule has 0 aromatic carbocycles. The van der Waals surface area contributed by atoms with Crippen LogP contribution in [0, 0.1) is 6.92 Å². The van der Waals surface area contributed by atoms with Crippen molar-refractivity contribution in [3.05, 3.63) is 21.9 Å². The number of aryl methyl sites for hydroxylation is 1. The van der Waals surface area contributed by atoms with Crippen LogP contribution in [-0.4, -0.2) is 30.6 Å². The number of hydrogen-bond donors (Lipinski definition) is 1. The summed E-state index contributed by atoms with van der Waals surface area (Å²) in [6.45, 7) is 8.13. The van der Waals surface area contributed by atoms with Crippen LogP contribution in [0.3, 0.4) is 0 Å². The van der Waals surface area contributed by atoms with E-state index in [1.807, 2.05) is 11.3 Å². The van der Waals surface area contributed by atoms with Crippen LogP contribution in [0.1, 0.15) is 30.2 Å². The van der Waals surface area contributed by atoms with Gasteiger partial charge in [0, 0.05) is 30.1 Å². The Hall–Kier alpha value is -0.380. The first-order chi connectivity index (χ1) is 7.63. The fourth-order valence-electron chi connectivity index (χ4n) is 2.22. The largest absolute Gasteiger partial charge is 0.314 e. The molecule has 0 amide bonds. The van der Waals surface area contributed by atoms with E-state index in [2.05, 4.69) is 42.6 Å². The van der Waals surface area contributed by atoms with Gasteiger partial charge in [-0.1, -0.05) is 0 Å². The van der Waals surface area contributed by atoms with E-state index < -0.39 is 0 Å². The average Bonchev–Trinajstić information content (AvgIpc) is 2.68. The summed E-state index contributed by atoms with van der Waals surface area (Å²) in [7, 11) is 2.08. The summed E-state index contributed by atoms with van der Waals surface area (Å²) in [6, 6.07) is 2.22. The molecule has 0 aliphatic carbocycles. The zero-order valence-corrected chi connectivity index (χ0v) is 11.4. The van der Waals surface area contributed by atoms with Gasteiger partial charge in [-0.25, -0.2) is 0 Å². The number of nitrogens with zero attached hydrogens (tertiary/aromatic N) is 1.